The fourth-order valence-corrected chi connectivity index (χ4v) is 3.28. The molecule has 3 rings (SSSR count). The highest BCUT2D eigenvalue weighted by Crippen LogP contribution is 2.35. The number of rotatable bonds is 4. The summed E-state index contributed by atoms with van der Waals surface area (Å²) in [6.45, 7) is 1.08. The van der Waals surface area contributed by atoms with Gasteiger partial charge in [-0.15, -0.1) is 0 Å². The third-order valence-electron chi connectivity index (χ3n) is 4.42. The van der Waals surface area contributed by atoms with Crippen LogP contribution in [0.5, 0.6) is 5.75 Å². The van der Waals surface area contributed by atoms with Crippen LogP contribution in [0.2, 0.25) is 0 Å². The number of nitriles is 1. The lowest BCUT2D eigenvalue weighted by atomic mass is 10.0. The van der Waals surface area contributed by atoms with Crippen LogP contribution in [-0.2, 0) is 6.54 Å². The zero-order valence-corrected chi connectivity index (χ0v) is 13.4. The molecular weight excluding hydrogens is 307 g/mol. The van der Waals surface area contributed by atoms with Crippen molar-refractivity contribution in [2.24, 2.45) is 0 Å². The third kappa shape index (κ3) is 3.40. The second-order valence-electron chi connectivity index (χ2n) is 6.02. The number of benzene rings is 2. The minimum absolute atomic E-state index is 0.0102. The van der Waals surface area contributed by atoms with Gasteiger partial charge in [0.1, 0.15) is 11.6 Å². The number of hydrogen-bond donors (Lipinski definition) is 1. The Kier molecular flexibility index (Phi) is 4.79. The van der Waals surface area contributed by atoms with Gasteiger partial charge in [0.25, 0.3) is 0 Å². The van der Waals surface area contributed by atoms with Crippen molar-refractivity contribution in [1.29, 1.82) is 5.26 Å². The van der Waals surface area contributed by atoms with E-state index in [1.165, 1.54) is 12.1 Å². The zero-order valence-electron chi connectivity index (χ0n) is 13.4. The van der Waals surface area contributed by atoms with Crippen LogP contribution in [0.3, 0.4) is 0 Å². The van der Waals surface area contributed by atoms with E-state index >= 15 is 0 Å². The molecule has 0 unspecified atom stereocenters. The van der Waals surface area contributed by atoms with Gasteiger partial charge in [-0.05, 0) is 42.3 Å². The number of aliphatic hydroxyl groups excluding tert-OH is 1. The molecule has 0 aromatic heterocycles. The summed E-state index contributed by atoms with van der Waals surface area (Å²) >= 11 is 0. The van der Waals surface area contributed by atoms with Gasteiger partial charge < -0.3 is 9.84 Å². The largest absolute Gasteiger partial charge is 0.496 e. The Morgan fingerprint density at radius 3 is 2.71 bits per heavy atom. The lowest BCUT2D eigenvalue weighted by Crippen LogP contribution is -2.24. The molecule has 1 saturated heterocycles. The van der Waals surface area contributed by atoms with Crippen LogP contribution in [0.4, 0.5) is 4.39 Å². The molecule has 0 aliphatic carbocycles. The quantitative estimate of drug-likeness (QED) is 0.938. The molecule has 0 amide bonds. The van der Waals surface area contributed by atoms with E-state index in [0.717, 1.165) is 11.1 Å². The van der Waals surface area contributed by atoms with Gasteiger partial charge in [-0.3, -0.25) is 4.90 Å². The maximum atomic E-state index is 13.2. The molecule has 1 fully saturated rings. The molecule has 1 N–H and O–H groups in total. The Labute approximate surface area is 140 Å². The molecule has 5 heteroatoms. The van der Waals surface area contributed by atoms with Crippen LogP contribution in [-0.4, -0.2) is 29.8 Å². The van der Waals surface area contributed by atoms with Gasteiger partial charge in [0.05, 0.1) is 24.8 Å². The molecule has 2 aromatic carbocycles. The van der Waals surface area contributed by atoms with E-state index in [9.17, 15) is 9.50 Å². The van der Waals surface area contributed by atoms with E-state index in [0.29, 0.717) is 30.8 Å². The summed E-state index contributed by atoms with van der Waals surface area (Å²) in [4.78, 5) is 2.14. The van der Waals surface area contributed by atoms with Crippen LogP contribution in [0.25, 0.3) is 0 Å². The van der Waals surface area contributed by atoms with Gasteiger partial charge in [0, 0.05) is 24.7 Å². The summed E-state index contributed by atoms with van der Waals surface area (Å²) in [6.07, 6.45) is 0.177. The predicted molar refractivity (Wildman–Crippen MR) is 87.9 cm³/mol. The van der Waals surface area contributed by atoms with E-state index in [2.05, 4.69) is 11.0 Å². The van der Waals surface area contributed by atoms with Crippen LogP contribution in [0.15, 0.2) is 42.5 Å². The number of ether oxygens (including phenoxy) is 1. The zero-order chi connectivity index (χ0) is 17.1. The van der Waals surface area contributed by atoms with Crippen LogP contribution in [0, 0.1) is 17.1 Å². The van der Waals surface area contributed by atoms with E-state index in [-0.39, 0.29) is 11.9 Å². The van der Waals surface area contributed by atoms with Crippen molar-refractivity contribution in [3.63, 3.8) is 0 Å². The number of aliphatic hydroxyl groups is 1. The number of β-amino-alcohol motifs (C(OH)–C–C–N with tert-alkyl or cyclic N) is 1. The van der Waals surface area contributed by atoms with Crippen molar-refractivity contribution >= 4 is 0 Å². The molecular formula is C19H19FN2O2. The summed E-state index contributed by atoms with van der Waals surface area (Å²) < 4.78 is 18.6. The van der Waals surface area contributed by atoms with Gasteiger partial charge in [-0.2, -0.15) is 5.26 Å². The summed E-state index contributed by atoms with van der Waals surface area (Å²) in [5.41, 5.74) is 2.45. The van der Waals surface area contributed by atoms with Crippen molar-refractivity contribution < 1.29 is 14.2 Å². The van der Waals surface area contributed by atoms with Gasteiger partial charge >= 0.3 is 0 Å². The number of likely N-dealkylation sites (tertiary alicyclic amines) is 1. The van der Waals surface area contributed by atoms with Gasteiger partial charge in [-0.25, -0.2) is 4.39 Å². The minimum Gasteiger partial charge on any atom is -0.496 e. The summed E-state index contributed by atoms with van der Waals surface area (Å²) in [5, 5.41) is 19.2. The van der Waals surface area contributed by atoms with Gasteiger partial charge in [0.2, 0.25) is 0 Å². The molecule has 2 aromatic rings. The topological polar surface area (TPSA) is 56.5 Å². The smallest absolute Gasteiger partial charge is 0.123 e. The molecule has 24 heavy (non-hydrogen) atoms. The summed E-state index contributed by atoms with van der Waals surface area (Å²) in [7, 11) is 1.60. The number of methoxy groups -OCH3 is 1. The second-order valence-corrected chi connectivity index (χ2v) is 6.02. The lowest BCUT2D eigenvalue weighted by Gasteiger charge is -2.25. The molecule has 1 aliphatic heterocycles. The molecule has 2 atom stereocenters. The van der Waals surface area contributed by atoms with Crippen molar-refractivity contribution in [2.45, 2.75) is 25.1 Å². The van der Waals surface area contributed by atoms with Crippen LogP contribution in [0.1, 0.15) is 29.2 Å². The standard InChI is InChI=1S/C19H19FN2O2/c1-24-19-7-2-13(10-21)8-15(19)11-22-12-17(23)9-18(22)14-3-5-16(20)6-4-14/h2-8,17-18,23H,9,11-12H2,1H3/t17-,18+/m1/s1. The maximum Gasteiger partial charge on any atom is 0.123 e. The molecule has 0 saturated carbocycles. The Morgan fingerprint density at radius 1 is 1.29 bits per heavy atom. The minimum atomic E-state index is -0.426. The molecule has 124 valence electrons. The maximum absolute atomic E-state index is 13.2. The van der Waals surface area contributed by atoms with E-state index in [1.807, 2.05) is 6.07 Å². The van der Waals surface area contributed by atoms with Crippen LogP contribution >= 0.6 is 0 Å². The Balaban J connectivity index is 1.87. The van der Waals surface area contributed by atoms with Crippen molar-refractivity contribution in [1.82, 2.24) is 4.90 Å². The highest BCUT2D eigenvalue weighted by Gasteiger charge is 2.32. The molecule has 4 nitrogen and oxygen atoms in total. The van der Waals surface area contributed by atoms with Crippen molar-refractivity contribution in [2.75, 3.05) is 13.7 Å². The predicted octanol–water partition coefficient (Wildman–Crippen LogP) is 3.01. The van der Waals surface area contributed by atoms with Crippen molar-refractivity contribution in [3.05, 3.63) is 65.0 Å². The fourth-order valence-electron chi connectivity index (χ4n) is 3.28. The normalized spacial score (nSPS) is 20.8. The first kappa shape index (κ1) is 16.4. The van der Waals surface area contributed by atoms with Gasteiger partial charge in [-0.1, -0.05) is 12.1 Å². The fraction of sp³-hybridized carbons (Fsp3) is 0.316. The SMILES string of the molecule is COc1ccc(C#N)cc1CN1C[C@H](O)C[C@H]1c1ccc(F)cc1. The number of hydrogen-bond acceptors (Lipinski definition) is 4. The van der Waals surface area contributed by atoms with Crippen LogP contribution < -0.4 is 4.74 Å². The number of halogens is 1. The average molecular weight is 326 g/mol. The molecule has 1 aliphatic rings. The molecule has 0 radical (unpaired) electrons. The first-order valence-electron chi connectivity index (χ1n) is 7.85. The first-order valence-corrected chi connectivity index (χ1v) is 7.85. The molecule has 0 bridgehead atoms. The van der Waals surface area contributed by atoms with E-state index < -0.39 is 6.10 Å². The second kappa shape index (κ2) is 7.00. The highest BCUT2D eigenvalue weighted by molar-refractivity contribution is 5.42. The number of nitrogens with zero attached hydrogens (tertiary/aromatic N) is 2. The Hall–Kier alpha value is -2.42. The third-order valence-corrected chi connectivity index (χ3v) is 4.42. The summed E-state index contributed by atoms with van der Waals surface area (Å²) in [6, 6.07) is 13.9. The molecule has 0 spiro atoms. The van der Waals surface area contributed by atoms with Crippen molar-refractivity contribution in [3.8, 4) is 11.8 Å². The first-order chi connectivity index (χ1) is 11.6. The summed E-state index contributed by atoms with van der Waals surface area (Å²) in [5.74, 6) is 0.445. The average Bonchev–Trinajstić information content (AvgIpc) is 2.95. The Morgan fingerprint density at radius 2 is 2.04 bits per heavy atom. The molecule has 1 heterocycles. The highest BCUT2D eigenvalue weighted by atomic mass is 19.1. The van der Waals surface area contributed by atoms with Gasteiger partial charge in [0.15, 0.2) is 0 Å². The Bertz CT molecular complexity index is 755. The van der Waals surface area contributed by atoms with E-state index in [1.54, 1.807) is 31.4 Å². The monoisotopic (exact) mass is 326 g/mol. The van der Waals surface area contributed by atoms with E-state index in [4.69, 9.17) is 10.00 Å². The lowest BCUT2D eigenvalue weighted by molar-refractivity contribution is 0.172.